The molecule has 4 heteroatoms. The number of unbranched alkanes of at least 4 members (excludes halogenated alkanes) is 7. The van der Waals surface area contributed by atoms with E-state index in [1.54, 1.807) is 0 Å². The molecule has 1 aromatic carbocycles. The van der Waals surface area contributed by atoms with Crippen molar-refractivity contribution in [1.29, 1.82) is 0 Å². The second-order valence-corrected chi connectivity index (χ2v) is 8.61. The van der Waals surface area contributed by atoms with Gasteiger partial charge < -0.3 is 9.47 Å². The highest BCUT2D eigenvalue weighted by molar-refractivity contribution is 5.62. The minimum Gasteiger partial charge on any atom is -0.494 e. The van der Waals surface area contributed by atoms with E-state index in [1.807, 2.05) is 24.5 Å². The van der Waals surface area contributed by atoms with E-state index in [4.69, 9.17) is 9.47 Å². The van der Waals surface area contributed by atoms with Crippen LogP contribution in [0.5, 0.6) is 11.8 Å². The van der Waals surface area contributed by atoms with E-state index in [9.17, 15) is 0 Å². The molecule has 1 unspecified atom stereocenters. The Hall–Kier alpha value is -2.10. The van der Waals surface area contributed by atoms with E-state index in [1.165, 1.54) is 57.8 Å². The van der Waals surface area contributed by atoms with Crippen molar-refractivity contribution in [1.82, 2.24) is 9.97 Å². The maximum atomic E-state index is 5.88. The Bertz CT molecular complexity index is 685. The van der Waals surface area contributed by atoms with Gasteiger partial charge in [-0.15, -0.1) is 0 Å². The molecule has 1 heterocycles. The van der Waals surface area contributed by atoms with Crippen LogP contribution in [0.15, 0.2) is 36.7 Å². The molecule has 1 atom stereocenters. The monoisotopic (exact) mass is 426 g/mol. The normalized spacial score (nSPS) is 12.0. The van der Waals surface area contributed by atoms with E-state index < -0.39 is 0 Å². The third kappa shape index (κ3) is 10.7. The Balaban J connectivity index is 1.65. The van der Waals surface area contributed by atoms with Gasteiger partial charge in [0.2, 0.25) is 0 Å². The molecule has 2 aromatic rings. The molecule has 0 fully saturated rings. The maximum absolute atomic E-state index is 5.88. The van der Waals surface area contributed by atoms with Gasteiger partial charge in [0.15, 0.2) is 0 Å². The summed E-state index contributed by atoms with van der Waals surface area (Å²) in [5.41, 5.74) is 2.08. The van der Waals surface area contributed by atoms with Gasteiger partial charge in [-0.3, -0.25) is 0 Å². The number of rotatable bonds is 17. The number of aromatic nitrogens is 2. The molecule has 0 amide bonds. The molecule has 2 rings (SSSR count). The highest BCUT2D eigenvalue weighted by Gasteiger charge is 2.03. The van der Waals surface area contributed by atoms with Gasteiger partial charge in [-0.2, -0.15) is 0 Å². The van der Waals surface area contributed by atoms with Crippen molar-refractivity contribution < 1.29 is 9.47 Å². The van der Waals surface area contributed by atoms with Crippen molar-refractivity contribution in [3.63, 3.8) is 0 Å². The summed E-state index contributed by atoms with van der Waals surface area (Å²) in [4.78, 5) is 8.71. The van der Waals surface area contributed by atoms with Crippen molar-refractivity contribution in [2.24, 2.45) is 5.92 Å². The topological polar surface area (TPSA) is 44.2 Å². The van der Waals surface area contributed by atoms with Gasteiger partial charge in [-0.25, -0.2) is 9.97 Å². The Kier molecular flexibility index (Phi) is 12.7. The summed E-state index contributed by atoms with van der Waals surface area (Å²) in [7, 11) is 0. The van der Waals surface area contributed by atoms with Crippen LogP contribution in [0, 0.1) is 5.92 Å². The van der Waals surface area contributed by atoms with Crippen molar-refractivity contribution in [3.05, 3.63) is 36.7 Å². The molecule has 1 aromatic heterocycles. The first-order valence-corrected chi connectivity index (χ1v) is 12.4. The highest BCUT2D eigenvalue weighted by Crippen LogP contribution is 2.22. The zero-order chi connectivity index (χ0) is 22.2. The van der Waals surface area contributed by atoms with Crippen LogP contribution >= 0.6 is 0 Å². The minimum atomic E-state index is 0.464. The minimum absolute atomic E-state index is 0.464. The van der Waals surface area contributed by atoms with Crippen LogP contribution in [0.2, 0.25) is 0 Å². The van der Waals surface area contributed by atoms with Crippen LogP contribution in [-0.2, 0) is 0 Å². The molecule has 0 spiro atoms. The first-order valence-electron chi connectivity index (χ1n) is 12.4. The van der Waals surface area contributed by atoms with Gasteiger partial charge in [0.25, 0.3) is 0 Å². The number of hydrogen-bond donors (Lipinski definition) is 0. The summed E-state index contributed by atoms with van der Waals surface area (Å²) in [5, 5.41) is 0. The SMILES string of the molecule is CCCCCCCCOc1ncc(-c2ccc(OCCCCCC(C)CC)cc2)cn1. The molecule has 0 bridgehead atoms. The second kappa shape index (κ2) is 15.7. The van der Waals surface area contributed by atoms with Crippen LogP contribution < -0.4 is 9.47 Å². The van der Waals surface area contributed by atoms with Gasteiger partial charge in [-0.05, 0) is 36.5 Å². The lowest BCUT2D eigenvalue weighted by Gasteiger charge is -2.09. The van der Waals surface area contributed by atoms with E-state index in [0.717, 1.165) is 42.2 Å². The molecular weight excluding hydrogens is 384 g/mol. The molecule has 0 saturated heterocycles. The molecule has 0 saturated carbocycles. The van der Waals surface area contributed by atoms with Crippen LogP contribution in [-0.4, -0.2) is 23.2 Å². The lowest BCUT2D eigenvalue weighted by atomic mass is 10.0. The predicted octanol–water partition coefficient (Wildman–Crippen LogP) is 7.87. The average molecular weight is 427 g/mol. The molecule has 0 radical (unpaired) electrons. The van der Waals surface area contributed by atoms with E-state index in [0.29, 0.717) is 12.6 Å². The maximum Gasteiger partial charge on any atom is 0.316 e. The molecule has 0 N–H and O–H groups in total. The van der Waals surface area contributed by atoms with E-state index in [-0.39, 0.29) is 0 Å². The fourth-order valence-electron chi connectivity index (χ4n) is 3.50. The van der Waals surface area contributed by atoms with E-state index in [2.05, 4.69) is 42.9 Å². The Labute approximate surface area is 189 Å². The summed E-state index contributed by atoms with van der Waals surface area (Å²) < 4.78 is 11.6. The highest BCUT2D eigenvalue weighted by atomic mass is 16.5. The number of ether oxygens (including phenoxy) is 2. The zero-order valence-corrected chi connectivity index (χ0v) is 19.9. The lowest BCUT2D eigenvalue weighted by molar-refractivity contribution is 0.281. The molecule has 0 aliphatic rings. The average Bonchev–Trinajstić information content (AvgIpc) is 2.81. The third-order valence-corrected chi connectivity index (χ3v) is 5.85. The van der Waals surface area contributed by atoms with Crippen molar-refractivity contribution >= 4 is 0 Å². The number of benzene rings is 1. The number of nitrogens with zero attached hydrogens (tertiary/aromatic N) is 2. The third-order valence-electron chi connectivity index (χ3n) is 5.85. The van der Waals surface area contributed by atoms with Crippen LogP contribution in [0.3, 0.4) is 0 Å². The largest absolute Gasteiger partial charge is 0.494 e. The van der Waals surface area contributed by atoms with Crippen molar-refractivity contribution in [2.45, 2.75) is 91.4 Å². The first kappa shape index (κ1) is 25.2. The van der Waals surface area contributed by atoms with Gasteiger partial charge in [0.05, 0.1) is 13.2 Å². The summed E-state index contributed by atoms with van der Waals surface area (Å²) >= 11 is 0. The standard InChI is InChI=1S/C27H42N2O2/c1-4-6-7-8-9-12-20-31-27-28-21-25(22-29-27)24-15-17-26(18-16-24)30-19-13-10-11-14-23(3)5-2/h15-18,21-23H,4-14,19-20H2,1-3H3. The molecule has 0 aliphatic carbocycles. The fraction of sp³-hybridized carbons (Fsp3) is 0.630. The van der Waals surface area contributed by atoms with Crippen molar-refractivity contribution in [3.8, 4) is 22.9 Å². The van der Waals surface area contributed by atoms with Crippen LogP contribution in [0.25, 0.3) is 11.1 Å². The van der Waals surface area contributed by atoms with Gasteiger partial charge in [-0.1, -0.05) is 90.7 Å². The summed E-state index contributed by atoms with van der Waals surface area (Å²) in [6.45, 7) is 8.32. The fourth-order valence-corrected chi connectivity index (χ4v) is 3.50. The second-order valence-electron chi connectivity index (χ2n) is 8.61. The van der Waals surface area contributed by atoms with E-state index >= 15 is 0 Å². The Morgan fingerprint density at radius 3 is 2.00 bits per heavy atom. The number of hydrogen-bond acceptors (Lipinski definition) is 4. The van der Waals surface area contributed by atoms with Crippen molar-refractivity contribution in [2.75, 3.05) is 13.2 Å². The smallest absolute Gasteiger partial charge is 0.316 e. The van der Waals surface area contributed by atoms with Crippen LogP contribution in [0.1, 0.15) is 91.4 Å². The molecular formula is C27H42N2O2. The van der Waals surface area contributed by atoms with Gasteiger partial charge in [0, 0.05) is 18.0 Å². The molecule has 31 heavy (non-hydrogen) atoms. The lowest BCUT2D eigenvalue weighted by Crippen LogP contribution is -2.01. The van der Waals surface area contributed by atoms with Gasteiger partial charge in [0.1, 0.15) is 5.75 Å². The quantitative estimate of drug-likeness (QED) is 0.241. The summed E-state index contributed by atoms with van der Waals surface area (Å²) in [6, 6.07) is 8.64. The first-order chi connectivity index (χ1) is 15.2. The Morgan fingerprint density at radius 2 is 1.32 bits per heavy atom. The summed E-state index contributed by atoms with van der Waals surface area (Å²) in [5.74, 6) is 1.77. The summed E-state index contributed by atoms with van der Waals surface area (Å²) in [6.07, 6.45) is 17.4. The Morgan fingerprint density at radius 1 is 0.710 bits per heavy atom. The molecule has 4 nitrogen and oxygen atoms in total. The predicted molar refractivity (Wildman–Crippen MR) is 130 cm³/mol. The van der Waals surface area contributed by atoms with Gasteiger partial charge >= 0.3 is 6.01 Å². The van der Waals surface area contributed by atoms with Crippen LogP contribution in [0.4, 0.5) is 0 Å². The molecule has 0 aliphatic heterocycles. The molecule has 172 valence electrons. The zero-order valence-electron chi connectivity index (χ0n) is 19.9.